The summed E-state index contributed by atoms with van der Waals surface area (Å²) in [6.07, 6.45) is 6.12. The average Bonchev–Trinajstić information content (AvgIpc) is 3.91. The van der Waals surface area contributed by atoms with Crippen LogP contribution in [0, 0.1) is 25.7 Å². The number of morpholine rings is 1. The van der Waals surface area contributed by atoms with Crippen LogP contribution in [0.1, 0.15) is 70.1 Å². The van der Waals surface area contributed by atoms with Crippen LogP contribution in [0.15, 0.2) is 47.1 Å². The van der Waals surface area contributed by atoms with E-state index in [4.69, 9.17) is 28.5 Å². The Balaban J connectivity index is 0.000000211. The van der Waals surface area contributed by atoms with E-state index < -0.39 is 0 Å². The molecule has 1 N–H and O–H groups in total. The first-order valence-corrected chi connectivity index (χ1v) is 18.3. The molecule has 0 amide bonds. The Hall–Kier alpha value is -5.19. The number of hydrogen-bond donors (Lipinski definition) is 1. The Morgan fingerprint density at radius 2 is 1.74 bits per heavy atom. The van der Waals surface area contributed by atoms with Gasteiger partial charge in [0.25, 0.3) is 6.47 Å². The largest absolute Gasteiger partial charge is 0.483 e. The van der Waals surface area contributed by atoms with Crippen molar-refractivity contribution in [1.82, 2.24) is 24.7 Å². The van der Waals surface area contributed by atoms with E-state index in [-0.39, 0.29) is 18.1 Å². The molecule has 4 aromatic heterocycles. The third-order valence-electron chi connectivity index (χ3n) is 9.05. The van der Waals surface area contributed by atoms with E-state index >= 15 is 0 Å². The lowest BCUT2D eigenvalue weighted by molar-refractivity contribution is -0.228. The van der Waals surface area contributed by atoms with Gasteiger partial charge in [0, 0.05) is 50.0 Å². The summed E-state index contributed by atoms with van der Waals surface area (Å²) in [5.41, 5.74) is 6.02. The standard InChI is InChI=1S/C20H24N4O3.C15H15N3O.2C2H6.CH2O2/c1-14-17(11-23(3)22-14)6-5-16-9-18(19(25-4)21-10-16)24-7-8-27-20(15(24)2)12-26-13-20;1-10-16-13-11-6-2-3-7-12(11)19-14(13)15(17-10)18-8-4-5-9-18;2*1-2;2-1-3/h9-11,15H,7-8,12-13H2,1-4H3;2-3,6-7H,4-5,8-9H2,1H3;2*1-2H3;1H,(H,2,3). The van der Waals surface area contributed by atoms with Gasteiger partial charge in [-0.1, -0.05) is 51.7 Å². The number of ether oxygens (including phenoxy) is 3. The maximum Gasteiger partial charge on any atom is 0.290 e. The van der Waals surface area contributed by atoms with Crippen molar-refractivity contribution in [2.75, 3.05) is 56.4 Å². The van der Waals surface area contributed by atoms with Gasteiger partial charge >= 0.3 is 0 Å². The zero-order chi connectivity index (χ0) is 38.5. The summed E-state index contributed by atoms with van der Waals surface area (Å²) in [5, 5.41) is 12.3. The van der Waals surface area contributed by atoms with Gasteiger partial charge in [0.2, 0.25) is 5.88 Å². The first kappa shape index (κ1) is 40.6. The van der Waals surface area contributed by atoms with Gasteiger partial charge in [-0.05, 0) is 51.8 Å². The minimum atomic E-state index is -0.250. The molecule has 3 fully saturated rings. The van der Waals surface area contributed by atoms with Gasteiger partial charge in [-0.2, -0.15) is 5.10 Å². The molecule has 1 spiro atoms. The number of fused-ring (bicyclic) bond motifs is 3. The highest BCUT2D eigenvalue weighted by atomic mass is 16.6. The molecule has 8 rings (SSSR count). The number of furan rings is 1. The van der Waals surface area contributed by atoms with Crippen molar-refractivity contribution in [2.24, 2.45) is 7.05 Å². The maximum absolute atomic E-state index is 8.36. The molecule has 13 nitrogen and oxygen atoms in total. The van der Waals surface area contributed by atoms with Gasteiger partial charge < -0.3 is 33.5 Å². The fourth-order valence-corrected chi connectivity index (χ4v) is 6.46. The third-order valence-corrected chi connectivity index (χ3v) is 9.05. The fraction of sp³-hybridized carbons (Fsp3) is 0.475. The predicted molar refractivity (Wildman–Crippen MR) is 208 cm³/mol. The number of anilines is 2. The number of carboxylic acid groups (broad SMARTS) is 1. The summed E-state index contributed by atoms with van der Waals surface area (Å²) in [7, 11) is 3.54. The molecule has 1 atom stereocenters. The van der Waals surface area contributed by atoms with E-state index in [0.29, 0.717) is 25.7 Å². The monoisotopic (exact) mass is 727 g/mol. The average molecular weight is 728 g/mol. The van der Waals surface area contributed by atoms with Gasteiger partial charge in [0.1, 0.15) is 28.2 Å². The molecule has 13 heteroatoms. The summed E-state index contributed by atoms with van der Waals surface area (Å²) >= 11 is 0. The molecule has 284 valence electrons. The number of methoxy groups -OCH3 is 1. The zero-order valence-corrected chi connectivity index (χ0v) is 32.5. The molecular weight excluding hydrogens is 674 g/mol. The van der Waals surface area contributed by atoms with Crippen molar-refractivity contribution in [2.45, 2.75) is 73.0 Å². The van der Waals surface area contributed by atoms with Crippen molar-refractivity contribution in [3.05, 3.63) is 65.4 Å². The summed E-state index contributed by atoms with van der Waals surface area (Å²) in [6, 6.07) is 10.3. The van der Waals surface area contributed by atoms with Crippen LogP contribution in [-0.4, -0.2) is 94.5 Å². The number of para-hydroxylation sites is 1. The smallest absolute Gasteiger partial charge is 0.290 e. The molecular formula is C40H53N7O6. The molecule has 0 aliphatic carbocycles. The Kier molecular flexibility index (Phi) is 14.6. The minimum absolute atomic E-state index is 0.166. The number of pyridine rings is 1. The van der Waals surface area contributed by atoms with Crippen molar-refractivity contribution >= 4 is 40.0 Å². The van der Waals surface area contributed by atoms with E-state index in [9.17, 15) is 0 Å². The van der Waals surface area contributed by atoms with Gasteiger partial charge in [-0.15, -0.1) is 0 Å². The van der Waals surface area contributed by atoms with Crippen LogP contribution in [0.3, 0.4) is 0 Å². The quantitative estimate of drug-likeness (QED) is 0.159. The number of nitrogens with zero attached hydrogens (tertiary/aromatic N) is 7. The molecule has 0 bridgehead atoms. The topological polar surface area (TPSA) is 141 Å². The van der Waals surface area contributed by atoms with Crippen molar-refractivity contribution in [3.8, 4) is 17.7 Å². The summed E-state index contributed by atoms with van der Waals surface area (Å²) < 4.78 is 24.7. The summed E-state index contributed by atoms with van der Waals surface area (Å²) in [6.45, 7) is 18.6. The number of aryl methyl sites for hydroxylation is 3. The lowest BCUT2D eigenvalue weighted by Crippen LogP contribution is -2.68. The van der Waals surface area contributed by atoms with Crippen LogP contribution < -0.4 is 14.5 Å². The van der Waals surface area contributed by atoms with Crippen molar-refractivity contribution in [3.63, 3.8) is 0 Å². The van der Waals surface area contributed by atoms with Crippen LogP contribution in [0.25, 0.3) is 22.1 Å². The lowest BCUT2D eigenvalue weighted by Gasteiger charge is -2.53. The highest BCUT2D eigenvalue weighted by molar-refractivity contribution is 6.05. The van der Waals surface area contributed by atoms with Crippen LogP contribution in [0.2, 0.25) is 0 Å². The molecule has 0 saturated carbocycles. The fourth-order valence-electron chi connectivity index (χ4n) is 6.46. The second kappa shape index (κ2) is 19.0. The number of benzene rings is 1. The van der Waals surface area contributed by atoms with E-state index in [0.717, 1.165) is 75.9 Å². The maximum atomic E-state index is 8.36. The summed E-state index contributed by atoms with van der Waals surface area (Å²) in [5.74, 6) is 8.76. The Morgan fingerprint density at radius 3 is 2.36 bits per heavy atom. The van der Waals surface area contributed by atoms with E-state index in [1.807, 2.05) is 79.1 Å². The second-order valence-corrected chi connectivity index (χ2v) is 12.2. The van der Waals surface area contributed by atoms with Gasteiger partial charge in [0.05, 0.1) is 44.2 Å². The van der Waals surface area contributed by atoms with Crippen LogP contribution in [0.5, 0.6) is 5.88 Å². The molecule has 53 heavy (non-hydrogen) atoms. The number of carbonyl (C=O) groups is 1. The molecule has 7 heterocycles. The first-order valence-electron chi connectivity index (χ1n) is 18.3. The molecule has 1 aromatic carbocycles. The number of hydrogen-bond acceptors (Lipinski definition) is 11. The van der Waals surface area contributed by atoms with Gasteiger partial charge in [-0.3, -0.25) is 9.48 Å². The Labute approximate surface area is 312 Å². The van der Waals surface area contributed by atoms with E-state index in [2.05, 4.69) is 54.7 Å². The van der Waals surface area contributed by atoms with Crippen LogP contribution in [-0.2, 0) is 21.3 Å². The minimum Gasteiger partial charge on any atom is -0.483 e. The first-order chi connectivity index (χ1) is 25.8. The Morgan fingerprint density at radius 1 is 1.04 bits per heavy atom. The Bertz CT molecular complexity index is 2000. The SMILES string of the molecule is CC.CC.COc1ncc(C#Cc2cn(C)nc2C)cc1N1CCOC2(COC2)C1C.Cc1nc(N2CCCC2)c2oc3ccccc3c2n1.O=CO. The van der Waals surface area contributed by atoms with Crippen molar-refractivity contribution in [1.29, 1.82) is 0 Å². The third kappa shape index (κ3) is 9.07. The highest BCUT2D eigenvalue weighted by Crippen LogP contribution is 2.38. The van der Waals surface area contributed by atoms with Gasteiger partial charge in [0.15, 0.2) is 11.4 Å². The zero-order valence-electron chi connectivity index (χ0n) is 32.5. The van der Waals surface area contributed by atoms with Crippen LogP contribution >= 0.6 is 0 Å². The molecule has 1 unspecified atom stereocenters. The highest BCUT2D eigenvalue weighted by Gasteiger charge is 2.50. The summed E-state index contributed by atoms with van der Waals surface area (Å²) in [4.78, 5) is 26.6. The normalized spacial score (nSPS) is 16.7. The second-order valence-electron chi connectivity index (χ2n) is 12.2. The van der Waals surface area contributed by atoms with E-state index in [1.54, 1.807) is 18.0 Å². The molecule has 3 aliphatic heterocycles. The molecule has 3 aliphatic rings. The molecule has 5 aromatic rings. The number of rotatable bonds is 3. The van der Waals surface area contributed by atoms with E-state index in [1.165, 1.54) is 12.8 Å². The molecule has 0 radical (unpaired) electrons. The number of aromatic nitrogens is 5. The molecule has 3 saturated heterocycles. The predicted octanol–water partition coefficient (Wildman–Crippen LogP) is 6.56. The van der Waals surface area contributed by atoms with Gasteiger partial charge in [-0.25, -0.2) is 15.0 Å². The van der Waals surface area contributed by atoms with Crippen LogP contribution in [0.4, 0.5) is 11.5 Å². The van der Waals surface area contributed by atoms with Crippen molar-refractivity contribution < 1.29 is 28.5 Å². The lowest BCUT2D eigenvalue weighted by atomic mass is 9.90.